The molecule has 1 aromatic carbocycles. The number of anilines is 1. The van der Waals surface area contributed by atoms with Crippen molar-refractivity contribution in [1.82, 2.24) is 14.8 Å². The Morgan fingerprint density at radius 2 is 1.92 bits per heavy atom. The average molecular weight is 379 g/mol. The Balaban J connectivity index is 1.85. The number of nitrogens with one attached hydrogen (secondary N) is 1. The smallest absolute Gasteiger partial charge is 0.234 e. The Morgan fingerprint density at radius 3 is 2.65 bits per heavy atom. The number of carbonyl (C=O) groups excluding carboxylic acids is 1. The van der Waals surface area contributed by atoms with Gasteiger partial charge in [-0.05, 0) is 25.5 Å². The van der Waals surface area contributed by atoms with Crippen LogP contribution in [0, 0.1) is 5.82 Å². The fraction of sp³-hybridized carbons (Fsp3) is 0.526. The van der Waals surface area contributed by atoms with E-state index in [4.69, 9.17) is 0 Å². The van der Waals surface area contributed by atoms with Crippen LogP contribution in [0.4, 0.5) is 10.1 Å². The number of halogens is 1. The number of unbranched alkanes of at least 4 members (excludes halogenated alkanes) is 4. The van der Waals surface area contributed by atoms with E-state index in [0.29, 0.717) is 0 Å². The van der Waals surface area contributed by atoms with Gasteiger partial charge in [0, 0.05) is 13.0 Å². The summed E-state index contributed by atoms with van der Waals surface area (Å²) in [6.07, 6.45) is 7.00. The van der Waals surface area contributed by atoms with E-state index >= 15 is 0 Å². The number of thioether (sulfide) groups is 1. The molecule has 0 aliphatic carbocycles. The quantitative estimate of drug-likeness (QED) is 0.455. The summed E-state index contributed by atoms with van der Waals surface area (Å²) in [5, 5.41) is 11.8. The lowest BCUT2D eigenvalue weighted by Gasteiger charge is -2.08. The molecule has 1 N–H and O–H groups in total. The molecule has 1 heterocycles. The predicted molar refractivity (Wildman–Crippen MR) is 104 cm³/mol. The van der Waals surface area contributed by atoms with Crippen molar-refractivity contribution in [3.8, 4) is 0 Å². The number of hydrogen-bond donors (Lipinski definition) is 1. The maximum absolute atomic E-state index is 13.6. The van der Waals surface area contributed by atoms with Gasteiger partial charge >= 0.3 is 0 Å². The van der Waals surface area contributed by atoms with Crippen molar-refractivity contribution in [3.05, 3.63) is 35.9 Å². The van der Waals surface area contributed by atoms with Gasteiger partial charge in [-0.1, -0.05) is 56.5 Å². The first kappa shape index (κ1) is 20.4. The second kappa shape index (κ2) is 11.0. The summed E-state index contributed by atoms with van der Waals surface area (Å²) in [6.45, 7) is 5.03. The van der Waals surface area contributed by atoms with Gasteiger partial charge in [0.25, 0.3) is 0 Å². The molecule has 1 amide bonds. The molecule has 0 aliphatic rings. The average Bonchev–Trinajstić information content (AvgIpc) is 3.03. The van der Waals surface area contributed by atoms with Gasteiger partial charge in [0.15, 0.2) is 5.16 Å². The number of aryl methyl sites for hydroxylation is 1. The molecule has 0 saturated heterocycles. The molecular formula is C19H27FN4OS. The second-order valence-corrected chi connectivity index (χ2v) is 7.07. The Hall–Kier alpha value is -1.89. The maximum atomic E-state index is 13.6. The standard InChI is InChI=1S/C19H27FN4OS/c1-3-5-6-7-8-13-17-22-23-19(24(17)4-2)26-14-18(25)21-16-12-10-9-11-15(16)20/h9-12H,3-8,13-14H2,1-2H3,(H,21,25). The van der Waals surface area contributed by atoms with Crippen molar-refractivity contribution < 1.29 is 9.18 Å². The highest BCUT2D eigenvalue weighted by Gasteiger charge is 2.13. The van der Waals surface area contributed by atoms with Gasteiger partial charge in [0.05, 0.1) is 11.4 Å². The Bertz CT molecular complexity index is 705. The summed E-state index contributed by atoms with van der Waals surface area (Å²) in [5.41, 5.74) is 0.197. The molecule has 0 fully saturated rings. The molecule has 26 heavy (non-hydrogen) atoms. The van der Waals surface area contributed by atoms with E-state index in [2.05, 4.69) is 27.0 Å². The molecule has 5 nitrogen and oxygen atoms in total. The van der Waals surface area contributed by atoms with E-state index in [-0.39, 0.29) is 17.3 Å². The maximum Gasteiger partial charge on any atom is 0.234 e. The van der Waals surface area contributed by atoms with Crippen LogP contribution >= 0.6 is 11.8 Å². The van der Waals surface area contributed by atoms with E-state index in [9.17, 15) is 9.18 Å². The molecule has 2 rings (SSSR count). The van der Waals surface area contributed by atoms with Crippen molar-refractivity contribution in [3.63, 3.8) is 0 Å². The highest BCUT2D eigenvalue weighted by molar-refractivity contribution is 7.99. The largest absolute Gasteiger partial charge is 0.323 e. The first-order valence-electron chi connectivity index (χ1n) is 9.25. The van der Waals surface area contributed by atoms with Gasteiger partial charge < -0.3 is 9.88 Å². The van der Waals surface area contributed by atoms with E-state index in [1.807, 2.05) is 6.92 Å². The molecule has 0 atom stereocenters. The van der Waals surface area contributed by atoms with Crippen LogP contribution in [0.15, 0.2) is 29.4 Å². The van der Waals surface area contributed by atoms with E-state index in [1.165, 1.54) is 43.5 Å². The van der Waals surface area contributed by atoms with Crippen molar-refractivity contribution >= 4 is 23.4 Å². The van der Waals surface area contributed by atoms with Crippen LogP contribution in [-0.2, 0) is 17.8 Å². The number of rotatable bonds is 11. The molecule has 0 bridgehead atoms. The van der Waals surface area contributed by atoms with Crippen molar-refractivity contribution in [2.24, 2.45) is 0 Å². The van der Waals surface area contributed by atoms with Gasteiger partial charge in [0.2, 0.25) is 5.91 Å². The van der Waals surface area contributed by atoms with Crippen LogP contribution in [0.2, 0.25) is 0 Å². The summed E-state index contributed by atoms with van der Waals surface area (Å²) in [4.78, 5) is 12.1. The molecule has 142 valence electrons. The molecule has 7 heteroatoms. The number of aromatic nitrogens is 3. The number of para-hydroxylation sites is 1. The molecular weight excluding hydrogens is 351 g/mol. The minimum absolute atomic E-state index is 0.170. The fourth-order valence-electron chi connectivity index (χ4n) is 2.69. The number of benzene rings is 1. The first-order valence-corrected chi connectivity index (χ1v) is 10.2. The van der Waals surface area contributed by atoms with Crippen LogP contribution in [0.5, 0.6) is 0 Å². The highest BCUT2D eigenvalue weighted by Crippen LogP contribution is 2.19. The van der Waals surface area contributed by atoms with Crippen LogP contribution in [0.1, 0.15) is 51.8 Å². The molecule has 0 saturated carbocycles. The molecule has 0 aliphatic heterocycles. The van der Waals surface area contributed by atoms with Gasteiger partial charge in [0.1, 0.15) is 11.6 Å². The third kappa shape index (κ3) is 6.12. The summed E-state index contributed by atoms with van der Waals surface area (Å²) in [7, 11) is 0. The monoisotopic (exact) mass is 378 g/mol. The van der Waals surface area contributed by atoms with Crippen LogP contribution in [0.25, 0.3) is 0 Å². The van der Waals surface area contributed by atoms with E-state index in [1.54, 1.807) is 18.2 Å². The minimum Gasteiger partial charge on any atom is -0.323 e. The zero-order chi connectivity index (χ0) is 18.8. The summed E-state index contributed by atoms with van der Waals surface area (Å²) < 4.78 is 15.6. The lowest BCUT2D eigenvalue weighted by molar-refractivity contribution is -0.113. The minimum atomic E-state index is -0.437. The lowest BCUT2D eigenvalue weighted by Crippen LogP contribution is -2.15. The number of nitrogens with zero attached hydrogens (tertiary/aromatic N) is 3. The number of carbonyl (C=O) groups is 1. The topological polar surface area (TPSA) is 59.8 Å². The number of amides is 1. The van der Waals surface area contributed by atoms with Crippen molar-refractivity contribution in [2.45, 2.75) is 64.1 Å². The van der Waals surface area contributed by atoms with Gasteiger partial charge in [-0.2, -0.15) is 0 Å². The van der Waals surface area contributed by atoms with E-state index in [0.717, 1.165) is 30.4 Å². The molecule has 0 spiro atoms. The third-order valence-corrected chi connectivity index (χ3v) is 5.06. The molecule has 0 unspecified atom stereocenters. The fourth-order valence-corrected chi connectivity index (χ4v) is 3.52. The van der Waals surface area contributed by atoms with Gasteiger partial charge in [-0.25, -0.2) is 4.39 Å². The Kier molecular flexibility index (Phi) is 8.61. The summed E-state index contributed by atoms with van der Waals surface area (Å²) in [6, 6.07) is 6.14. The van der Waals surface area contributed by atoms with Gasteiger partial charge in [-0.3, -0.25) is 4.79 Å². The van der Waals surface area contributed by atoms with Crippen molar-refractivity contribution in [2.75, 3.05) is 11.1 Å². The third-order valence-electron chi connectivity index (χ3n) is 4.09. The lowest BCUT2D eigenvalue weighted by atomic mass is 10.1. The van der Waals surface area contributed by atoms with Gasteiger partial charge in [-0.15, -0.1) is 10.2 Å². The molecule has 1 aromatic heterocycles. The second-order valence-electron chi connectivity index (χ2n) is 6.12. The SMILES string of the molecule is CCCCCCCc1nnc(SCC(=O)Nc2ccccc2F)n1CC. The van der Waals surface area contributed by atoms with Crippen LogP contribution < -0.4 is 5.32 Å². The zero-order valence-electron chi connectivity index (χ0n) is 15.5. The van der Waals surface area contributed by atoms with Crippen molar-refractivity contribution in [1.29, 1.82) is 0 Å². The van der Waals surface area contributed by atoms with E-state index < -0.39 is 5.82 Å². The molecule has 0 radical (unpaired) electrons. The van der Waals surface area contributed by atoms with Crippen LogP contribution in [0.3, 0.4) is 0 Å². The number of hydrogen-bond acceptors (Lipinski definition) is 4. The molecule has 2 aromatic rings. The first-order chi connectivity index (χ1) is 12.7. The highest BCUT2D eigenvalue weighted by atomic mass is 32.2. The normalized spacial score (nSPS) is 10.9. The zero-order valence-corrected chi connectivity index (χ0v) is 16.3. The summed E-state index contributed by atoms with van der Waals surface area (Å²) >= 11 is 1.33. The predicted octanol–water partition coefficient (Wildman–Crippen LogP) is 4.68. The Labute approximate surface area is 158 Å². The Morgan fingerprint density at radius 1 is 1.15 bits per heavy atom. The van der Waals surface area contributed by atoms with Crippen LogP contribution in [-0.4, -0.2) is 26.4 Å². The summed E-state index contributed by atoms with van der Waals surface area (Å²) in [5.74, 6) is 0.448.